The van der Waals surface area contributed by atoms with Gasteiger partial charge in [-0.15, -0.1) is 0 Å². The standard InChI is InChI=1S/C9H10O3/c10-9-11-7-5-1-2-6(4-3-5)8(7)12-9/h1-2,5-8H,3-4H2/t5-,6-,7+,8+/m0/s1. The molecule has 0 amide bonds. The van der Waals surface area contributed by atoms with E-state index >= 15 is 0 Å². The molecule has 2 bridgehead atoms. The lowest BCUT2D eigenvalue weighted by Crippen LogP contribution is -2.42. The Hall–Kier alpha value is -0.990. The highest BCUT2D eigenvalue weighted by Crippen LogP contribution is 2.42. The summed E-state index contributed by atoms with van der Waals surface area (Å²) in [6.45, 7) is 0. The van der Waals surface area contributed by atoms with Gasteiger partial charge in [-0.2, -0.15) is 0 Å². The van der Waals surface area contributed by atoms with Crippen LogP contribution in [0.15, 0.2) is 12.2 Å². The van der Waals surface area contributed by atoms with Gasteiger partial charge in [0.05, 0.1) is 0 Å². The lowest BCUT2D eigenvalue weighted by Gasteiger charge is -2.37. The fourth-order valence-corrected chi connectivity index (χ4v) is 2.46. The maximum absolute atomic E-state index is 10.9. The van der Waals surface area contributed by atoms with Gasteiger partial charge in [-0.25, -0.2) is 4.79 Å². The van der Waals surface area contributed by atoms with Crippen molar-refractivity contribution in [3.8, 4) is 0 Å². The molecule has 1 heterocycles. The summed E-state index contributed by atoms with van der Waals surface area (Å²) in [6.07, 6.45) is 6.15. The van der Waals surface area contributed by atoms with E-state index in [1.165, 1.54) is 0 Å². The summed E-state index contributed by atoms with van der Waals surface area (Å²) in [6, 6.07) is 0. The predicted molar refractivity (Wildman–Crippen MR) is 40.5 cm³/mol. The van der Waals surface area contributed by atoms with Gasteiger partial charge in [0, 0.05) is 11.8 Å². The van der Waals surface area contributed by atoms with Crippen LogP contribution in [0.4, 0.5) is 4.79 Å². The Morgan fingerprint density at radius 2 is 1.58 bits per heavy atom. The zero-order valence-corrected chi connectivity index (χ0v) is 6.60. The third-order valence-electron chi connectivity index (χ3n) is 3.07. The predicted octanol–water partition coefficient (Wildman–Crippen LogP) is 1.49. The molecule has 0 aromatic carbocycles. The van der Waals surface area contributed by atoms with Crippen molar-refractivity contribution in [3.63, 3.8) is 0 Å². The van der Waals surface area contributed by atoms with Crippen LogP contribution in [0.2, 0.25) is 0 Å². The maximum Gasteiger partial charge on any atom is 0.509 e. The highest BCUT2D eigenvalue weighted by molar-refractivity contribution is 5.63. The van der Waals surface area contributed by atoms with Crippen molar-refractivity contribution in [2.24, 2.45) is 11.8 Å². The first-order valence-electron chi connectivity index (χ1n) is 4.40. The molecule has 3 heteroatoms. The van der Waals surface area contributed by atoms with E-state index in [-0.39, 0.29) is 12.2 Å². The maximum atomic E-state index is 10.9. The summed E-state index contributed by atoms with van der Waals surface area (Å²) >= 11 is 0. The monoisotopic (exact) mass is 166 g/mol. The van der Waals surface area contributed by atoms with Crippen LogP contribution >= 0.6 is 0 Å². The van der Waals surface area contributed by atoms with E-state index < -0.39 is 6.16 Å². The molecule has 0 unspecified atom stereocenters. The zero-order valence-electron chi connectivity index (χ0n) is 6.60. The van der Waals surface area contributed by atoms with Gasteiger partial charge < -0.3 is 9.47 Å². The smallest absolute Gasteiger partial charge is 0.426 e. The summed E-state index contributed by atoms with van der Waals surface area (Å²) < 4.78 is 10.2. The minimum absolute atomic E-state index is 0.0150. The Labute approximate surface area is 70.3 Å². The van der Waals surface area contributed by atoms with Crippen molar-refractivity contribution in [1.29, 1.82) is 0 Å². The molecule has 0 radical (unpaired) electrons. The molecule has 64 valence electrons. The van der Waals surface area contributed by atoms with E-state index in [1.807, 2.05) is 0 Å². The first-order valence-corrected chi connectivity index (χ1v) is 4.40. The van der Waals surface area contributed by atoms with Gasteiger partial charge in [-0.1, -0.05) is 12.2 Å². The van der Waals surface area contributed by atoms with E-state index in [1.54, 1.807) is 0 Å². The highest BCUT2D eigenvalue weighted by Gasteiger charge is 2.49. The van der Waals surface area contributed by atoms with Gasteiger partial charge in [-0.05, 0) is 12.8 Å². The topological polar surface area (TPSA) is 35.5 Å². The van der Waals surface area contributed by atoms with Crippen molar-refractivity contribution >= 4 is 6.16 Å². The Kier molecular flexibility index (Phi) is 1.10. The van der Waals surface area contributed by atoms with Crippen LogP contribution in [-0.4, -0.2) is 18.4 Å². The molecule has 4 rings (SSSR count). The third-order valence-corrected chi connectivity index (χ3v) is 3.07. The number of hydrogen-bond donors (Lipinski definition) is 0. The molecule has 0 N–H and O–H groups in total. The summed E-state index contributed by atoms with van der Waals surface area (Å²) in [5.74, 6) is 0.817. The second-order valence-electron chi connectivity index (χ2n) is 3.70. The summed E-state index contributed by atoms with van der Waals surface area (Å²) in [5, 5.41) is 0. The third kappa shape index (κ3) is 0.687. The van der Waals surface area contributed by atoms with Crippen LogP contribution in [0.5, 0.6) is 0 Å². The molecule has 1 aliphatic heterocycles. The molecule has 3 aliphatic carbocycles. The van der Waals surface area contributed by atoms with Gasteiger partial charge in [0.1, 0.15) is 12.2 Å². The summed E-state index contributed by atoms with van der Waals surface area (Å²) in [5.41, 5.74) is 0. The average molecular weight is 166 g/mol. The van der Waals surface area contributed by atoms with Crippen molar-refractivity contribution in [2.75, 3.05) is 0 Å². The van der Waals surface area contributed by atoms with Crippen LogP contribution in [0.25, 0.3) is 0 Å². The van der Waals surface area contributed by atoms with Crippen LogP contribution in [0, 0.1) is 11.8 Å². The van der Waals surface area contributed by atoms with Gasteiger partial charge in [0.25, 0.3) is 0 Å². The first-order chi connectivity index (χ1) is 5.84. The number of fused-ring (bicyclic) bond motifs is 1. The largest absolute Gasteiger partial charge is 0.509 e. The lowest BCUT2D eigenvalue weighted by molar-refractivity contribution is 0.0383. The van der Waals surface area contributed by atoms with Gasteiger partial charge in [-0.3, -0.25) is 0 Å². The first kappa shape index (κ1) is 6.52. The van der Waals surface area contributed by atoms with Crippen LogP contribution in [0.3, 0.4) is 0 Å². The Morgan fingerprint density at radius 1 is 1.08 bits per heavy atom. The molecule has 0 aromatic heterocycles. The molecule has 2 fully saturated rings. The van der Waals surface area contributed by atoms with Gasteiger partial charge in [0.2, 0.25) is 0 Å². The molecular formula is C9H10O3. The van der Waals surface area contributed by atoms with Crippen molar-refractivity contribution in [2.45, 2.75) is 25.0 Å². The van der Waals surface area contributed by atoms with E-state index in [0.717, 1.165) is 12.8 Å². The molecular weight excluding hydrogens is 156 g/mol. The molecule has 3 nitrogen and oxygen atoms in total. The van der Waals surface area contributed by atoms with E-state index in [9.17, 15) is 4.79 Å². The molecule has 1 saturated carbocycles. The second-order valence-corrected chi connectivity index (χ2v) is 3.70. The number of carbonyl (C=O) groups is 1. The van der Waals surface area contributed by atoms with Crippen LogP contribution in [-0.2, 0) is 9.47 Å². The van der Waals surface area contributed by atoms with E-state index in [2.05, 4.69) is 12.2 Å². The van der Waals surface area contributed by atoms with Crippen LogP contribution < -0.4 is 0 Å². The van der Waals surface area contributed by atoms with Crippen LogP contribution in [0.1, 0.15) is 12.8 Å². The zero-order chi connectivity index (χ0) is 8.13. The number of hydrogen-bond acceptors (Lipinski definition) is 3. The highest BCUT2D eigenvalue weighted by atomic mass is 16.8. The average Bonchev–Trinajstić information content (AvgIpc) is 2.49. The molecule has 1 saturated heterocycles. The van der Waals surface area contributed by atoms with E-state index in [4.69, 9.17) is 9.47 Å². The fraction of sp³-hybridized carbons (Fsp3) is 0.667. The lowest BCUT2D eigenvalue weighted by atomic mass is 9.72. The molecule has 4 atom stereocenters. The minimum Gasteiger partial charge on any atom is -0.426 e. The SMILES string of the molecule is O=C1O[C@H]2[C@H](O1)[C@H]1C=C[C@H]2CC1. The molecule has 0 spiro atoms. The normalized spacial score (nSPS) is 48.5. The quantitative estimate of drug-likeness (QED) is 0.404. The minimum atomic E-state index is -0.481. The second kappa shape index (κ2) is 2.03. The van der Waals surface area contributed by atoms with Gasteiger partial charge >= 0.3 is 6.16 Å². The van der Waals surface area contributed by atoms with Crippen molar-refractivity contribution < 1.29 is 14.3 Å². The Balaban J connectivity index is 1.97. The fourth-order valence-electron chi connectivity index (χ4n) is 2.46. The molecule has 0 aromatic rings. The Morgan fingerprint density at radius 3 is 2.00 bits per heavy atom. The van der Waals surface area contributed by atoms with E-state index in [0.29, 0.717) is 11.8 Å². The molecule has 4 aliphatic rings. The number of ether oxygens (including phenoxy) is 2. The number of rotatable bonds is 0. The summed E-state index contributed by atoms with van der Waals surface area (Å²) in [7, 11) is 0. The van der Waals surface area contributed by atoms with Crippen molar-refractivity contribution in [1.82, 2.24) is 0 Å². The van der Waals surface area contributed by atoms with Crippen molar-refractivity contribution in [3.05, 3.63) is 12.2 Å². The number of carbonyl (C=O) groups excluding carboxylic acids is 1. The Bertz CT molecular complexity index is 234. The molecule has 12 heavy (non-hydrogen) atoms. The summed E-state index contributed by atoms with van der Waals surface area (Å²) in [4.78, 5) is 10.9. The van der Waals surface area contributed by atoms with Gasteiger partial charge in [0.15, 0.2) is 0 Å².